The van der Waals surface area contributed by atoms with Crippen LogP contribution in [0.5, 0.6) is 0 Å². The van der Waals surface area contributed by atoms with Gasteiger partial charge in [-0.2, -0.15) is 0 Å². The molecule has 0 aromatic heterocycles. The van der Waals surface area contributed by atoms with Crippen LogP contribution < -0.4 is 10.6 Å². The van der Waals surface area contributed by atoms with Crippen molar-refractivity contribution in [2.75, 3.05) is 25.5 Å². The first-order chi connectivity index (χ1) is 13.1. The van der Waals surface area contributed by atoms with Gasteiger partial charge in [-0.1, -0.05) is 54.6 Å². The van der Waals surface area contributed by atoms with Gasteiger partial charge in [0.1, 0.15) is 6.04 Å². The Labute approximate surface area is 160 Å². The van der Waals surface area contributed by atoms with E-state index < -0.39 is 0 Å². The van der Waals surface area contributed by atoms with Crippen molar-refractivity contribution in [3.63, 3.8) is 0 Å². The van der Waals surface area contributed by atoms with Gasteiger partial charge in [0.25, 0.3) is 0 Å². The van der Waals surface area contributed by atoms with Crippen LogP contribution in [-0.4, -0.2) is 31.4 Å². The van der Waals surface area contributed by atoms with E-state index in [0.717, 1.165) is 18.5 Å². The summed E-state index contributed by atoms with van der Waals surface area (Å²) in [5.41, 5.74) is 10.5. The molecule has 1 atom stereocenters. The lowest BCUT2D eigenvalue weighted by atomic mass is 9.91. The second kappa shape index (κ2) is 7.05. The van der Waals surface area contributed by atoms with E-state index in [0.29, 0.717) is 6.54 Å². The van der Waals surface area contributed by atoms with Crippen LogP contribution in [0.25, 0.3) is 10.8 Å². The molecule has 3 aromatic carbocycles. The monoisotopic (exact) mass is 359 g/mol. The Morgan fingerprint density at radius 1 is 1.04 bits per heavy atom. The van der Waals surface area contributed by atoms with Crippen molar-refractivity contribution >= 4 is 22.4 Å². The number of hydrogen-bond donors (Lipinski definition) is 1. The van der Waals surface area contributed by atoms with Gasteiger partial charge in [0.2, 0.25) is 5.91 Å². The van der Waals surface area contributed by atoms with Crippen molar-refractivity contribution in [3.05, 3.63) is 77.4 Å². The molecule has 1 aliphatic rings. The number of nitrogens with zero attached hydrogens (tertiary/aromatic N) is 2. The summed E-state index contributed by atoms with van der Waals surface area (Å²) in [7, 11) is 4.12. The van der Waals surface area contributed by atoms with E-state index in [9.17, 15) is 4.79 Å². The fraction of sp³-hybridized carbons (Fsp3) is 0.261. The van der Waals surface area contributed by atoms with Gasteiger partial charge < -0.3 is 10.6 Å². The Hall–Kier alpha value is -2.85. The second-order valence-corrected chi connectivity index (χ2v) is 7.41. The average Bonchev–Trinajstić information content (AvgIpc) is 2.67. The highest BCUT2D eigenvalue weighted by Gasteiger charge is 2.31. The van der Waals surface area contributed by atoms with Crippen molar-refractivity contribution in [1.29, 1.82) is 0 Å². The molecule has 0 saturated carbocycles. The fourth-order valence-electron chi connectivity index (χ4n) is 4.21. The number of carbonyl (C=O) groups excluding carboxylic acids is 1. The van der Waals surface area contributed by atoms with Gasteiger partial charge in [-0.25, -0.2) is 0 Å². The quantitative estimate of drug-likeness (QED) is 0.776. The highest BCUT2D eigenvalue weighted by atomic mass is 16.1. The van der Waals surface area contributed by atoms with E-state index >= 15 is 0 Å². The molecule has 0 saturated heterocycles. The third kappa shape index (κ3) is 3.17. The fourth-order valence-corrected chi connectivity index (χ4v) is 4.21. The van der Waals surface area contributed by atoms with Crippen LogP contribution in [0.3, 0.4) is 0 Å². The molecule has 27 heavy (non-hydrogen) atoms. The van der Waals surface area contributed by atoms with Crippen molar-refractivity contribution in [2.24, 2.45) is 5.73 Å². The minimum absolute atomic E-state index is 0.281. The van der Waals surface area contributed by atoms with Crippen molar-refractivity contribution in [1.82, 2.24) is 4.90 Å². The summed E-state index contributed by atoms with van der Waals surface area (Å²) in [6, 6.07) is 20.6. The molecule has 1 aliphatic heterocycles. The van der Waals surface area contributed by atoms with Crippen LogP contribution in [0.1, 0.15) is 22.7 Å². The Morgan fingerprint density at radius 2 is 1.74 bits per heavy atom. The summed E-state index contributed by atoms with van der Waals surface area (Å²) < 4.78 is 0. The summed E-state index contributed by atoms with van der Waals surface area (Å²) in [6.07, 6.45) is 0.938. The molecule has 0 spiro atoms. The summed E-state index contributed by atoms with van der Waals surface area (Å²) >= 11 is 0. The lowest BCUT2D eigenvalue weighted by molar-refractivity contribution is -0.124. The molecule has 0 aliphatic carbocycles. The number of benzene rings is 3. The van der Waals surface area contributed by atoms with Crippen LogP contribution in [0, 0.1) is 0 Å². The number of carbonyl (C=O) groups is 1. The smallest absolute Gasteiger partial charge is 0.239 e. The molecule has 1 heterocycles. The van der Waals surface area contributed by atoms with Crippen LogP contribution in [0.2, 0.25) is 0 Å². The lowest BCUT2D eigenvalue weighted by Gasteiger charge is -2.35. The van der Waals surface area contributed by atoms with Gasteiger partial charge in [0.15, 0.2) is 0 Å². The van der Waals surface area contributed by atoms with E-state index in [2.05, 4.69) is 66.4 Å². The Bertz CT molecular complexity index is 996. The van der Waals surface area contributed by atoms with Gasteiger partial charge >= 0.3 is 0 Å². The van der Waals surface area contributed by atoms with Crippen LogP contribution in [-0.2, 0) is 17.8 Å². The standard InChI is InChI=1S/C23H25N3O/c1-25(2)21-12-11-17(18-8-5-6-10-20(18)21)15-26-14-13-16-7-3-4-9-19(16)22(26)23(24)27/h3-12,22H,13-15H2,1-2H3,(H2,24,27). The highest BCUT2D eigenvalue weighted by molar-refractivity contribution is 5.96. The van der Waals surface area contributed by atoms with Crippen molar-refractivity contribution < 1.29 is 4.79 Å². The third-order valence-electron chi connectivity index (χ3n) is 5.50. The summed E-state index contributed by atoms with van der Waals surface area (Å²) in [4.78, 5) is 16.6. The van der Waals surface area contributed by atoms with E-state index in [1.54, 1.807) is 0 Å². The van der Waals surface area contributed by atoms with Crippen LogP contribution in [0.15, 0.2) is 60.7 Å². The maximum Gasteiger partial charge on any atom is 0.239 e. The average molecular weight is 359 g/mol. The van der Waals surface area contributed by atoms with Gasteiger partial charge in [-0.05, 0) is 34.6 Å². The minimum atomic E-state index is -0.373. The SMILES string of the molecule is CN(C)c1ccc(CN2CCc3ccccc3C2C(N)=O)c2ccccc12. The summed E-state index contributed by atoms with van der Waals surface area (Å²) in [5.74, 6) is -0.281. The zero-order valence-corrected chi connectivity index (χ0v) is 15.9. The first-order valence-corrected chi connectivity index (χ1v) is 9.35. The molecule has 4 nitrogen and oxygen atoms in total. The molecular formula is C23H25N3O. The topological polar surface area (TPSA) is 49.6 Å². The Kier molecular flexibility index (Phi) is 4.58. The van der Waals surface area contributed by atoms with Gasteiger partial charge in [0, 0.05) is 38.3 Å². The highest BCUT2D eigenvalue weighted by Crippen LogP contribution is 2.34. The molecular weight excluding hydrogens is 334 g/mol. The molecule has 138 valence electrons. The normalized spacial score (nSPS) is 16.9. The molecule has 1 amide bonds. The lowest BCUT2D eigenvalue weighted by Crippen LogP contribution is -2.42. The van der Waals surface area contributed by atoms with E-state index in [-0.39, 0.29) is 11.9 Å². The largest absolute Gasteiger partial charge is 0.377 e. The predicted molar refractivity (Wildman–Crippen MR) is 111 cm³/mol. The number of fused-ring (bicyclic) bond motifs is 2. The molecule has 4 rings (SSSR count). The number of rotatable bonds is 4. The molecule has 3 aromatic rings. The Morgan fingerprint density at radius 3 is 2.48 bits per heavy atom. The van der Waals surface area contributed by atoms with Crippen molar-refractivity contribution in [3.8, 4) is 0 Å². The maximum absolute atomic E-state index is 12.3. The first kappa shape index (κ1) is 17.6. The first-order valence-electron chi connectivity index (χ1n) is 9.35. The van der Waals surface area contributed by atoms with Gasteiger partial charge in [-0.15, -0.1) is 0 Å². The third-order valence-corrected chi connectivity index (χ3v) is 5.50. The van der Waals surface area contributed by atoms with Crippen LogP contribution in [0.4, 0.5) is 5.69 Å². The number of anilines is 1. The van der Waals surface area contributed by atoms with Gasteiger partial charge in [0.05, 0.1) is 0 Å². The Balaban J connectivity index is 1.74. The number of primary amides is 1. The van der Waals surface area contributed by atoms with Crippen molar-refractivity contribution in [2.45, 2.75) is 19.0 Å². The molecule has 1 unspecified atom stereocenters. The molecule has 0 fully saturated rings. The number of amides is 1. The number of hydrogen-bond acceptors (Lipinski definition) is 3. The molecule has 4 heteroatoms. The second-order valence-electron chi connectivity index (χ2n) is 7.41. The predicted octanol–water partition coefficient (Wildman–Crippen LogP) is 3.49. The summed E-state index contributed by atoms with van der Waals surface area (Å²) in [5, 5.41) is 2.46. The van der Waals surface area contributed by atoms with Gasteiger partial charge in [-0.3, -0.25) is 9.69 Å². The minimum Gasteiger partial charge on any atom is -0.377 e. The maximum atomic E-state index is 12.3. The van der Waals surface area contributed by atoms with E-state index in [4.69, 9.17) is 5.73 Å². The summed E-state index contributed by atoms with van der Waals surface area (Å²) in [6.45, 7) is 1.53. The van der Waals surface area contributed by atoms with E-state index in [1.165, 1.54) is 27.6 Å². The van der Waals surface area contributed by atoms with E-state index in [1.807, 2.05) is 18.2 Å². The number of nitrogens with two attached hydrogens (primary N) is 1. The molecule has 0 bridgehead atoms. The zero-order valence-electron chi connectivity index (χ0n) is 15.9. The molecule has 2 N–H and O–H groups in total. The van der Waals surface area contributed by atoms with Crippen LogP contribution >= 0.6 is 0 Å². The molecule has 0 radical (unpaired) electrons. The zero-order chi connectivity index (χ0) is 19.0.